The fourth-order valence-electron chi connectivity index (χ4n) is 3.36. The van der Waals surface area contributed by atoms with Crippen LogP contribution in [0.4, 0.5) is 9.59 Å². The van der Waals surface area contributed by atoms with E-state index in [2.05, 4.69) is 16.1 Å². The van der Waals surface area contributed by atoms with Crippen LogP contribution in [0.2, 0.25) is 0 Å². The number of alkyl carbamates (subject to hydrolysis) is 2. The molecule has 0 bridgehead atoms. The molecule has 0 spiro atoms. The van der Waals surface area contributed by atoms with Crippen LogP contribution in [0.5, 0.6) is 0 Å². The number of rotatable bonds is 9. The average molecular weight is 501 g/mol. The first-order valence-corrected chi connectivity index (χ1v) is 11.9. The Morgan fingerprint density at radius 3 is 1.89 bits per heavy atom. The number of nitrogens with one attached hydrogen (secondary N) is 3. The Hall–Kier alpha value is -2.56. The Morgan fingerprint density at radius 1 is 0.857 bits per heavy atom. The fourth-order valence-corrected chi connectivity index (χ4v) is 3.36. The first kappa shape index (κ1) is 30.5. The van der Waals surface area contributed by atoms with Gasteiger partial charge in [-0.2, -0.15) is 0 Å². The molecule has 0 aliphatic heterocycles. The van der Waals surface area contributed by atoms with Crippen molar-refractivity contribution in [3.05, 3.63) is 0 Å². The maximum atomic E-state index is 12.7. The zero-order valence-corrected chi connectivity index (χ0v) is 22.9. The zero-order chi connectivity index (χ0) is 27.2. The van der Waals surface area contributed by atoms with Crippen LogP contribution < -0.4 is 16.1 Å². The van der Waals surface area contributed by atoms with Crippen LogP contribution in [-0.4, -0.2) is 72.1 Å². The van der Waals surface area contributed by atoms with E-state index in [-0.39, 0.29) is 30.7 Å². The standard InChI is InChI=1S/C24H44N4O7/c1-22(2,3)33-19(30)14-28(10)27-18(29)12-17(26-21(32)35-24(7,8)9)16-11-15(16)13-25-20(31)34-23(4,5)6/h15-17H,11-14H2,1-10H3,(H,25,31)(H,26,32)(H,27,29)/t15-,16+,17+/m0/s1. The lowest BCUT2D eigenvalue weighted by Gasteiger charge is -2.25. The number of carbonyl (C=O) groups excluding carboxylic acids is 4. The molecule has 202 valence electrons. The van der Waals surface area contributed by atoms with Crippen LogP contribution in [0.1, 0.15) is 75.2 Å². The SMILES string of the molecule is CN(CC(=O)OC(C)(C)C)NC(=O)C[C@@H](NC(=O)OC(C)(C)C)[C@@H]1C[C@H]1CNC(=O)OC(C)(C)C. The second-order valence-corrected chi connectivity index (χ2v) is 12.0. The van der Waals surface area contributed by atoms with Gasteiger partial charge in [-0.15, -0.1) is 0 Å². The van der Waals surface area contributed by atoms with E-state index in [0.717, 1.165) is 6.42 Å². The number of carbonyl (C=O) groups is 4. The van der Waals surface area contributed by atoms with Gasteiger partial charge in [-0.05, 0) is 80.6 Å². The van der Waals surface area contributed by atoms with Gasteiger partial charge in [0.1, 0.15) is 23.3 Å². The molecule has 0 saturated heterocycles. The van der Waals surface area contributed by atoms with Crippen molar-refractivity contribution in [3.8, 4) is 0 Å². The zero-order valence-electron chi connectivity index (χ0n) is 22.9. The molecular weight excluding hydrogens is 456 g/mol. The molecule has 0 heterocycles. The highest BCUT2D eigenvalue weighted by Crippen LogP contribution is 2.42. The number of esters is 1. The molecule has 35 heavy (non-hydrogen) atoms. The van der Waals surface area contributed by atoms with E-state index in [1.54, 1.807) is 69.4 Å². The average Bonchev–Trinajstić information content (AvgIpc) is 3.33. The Morgan fingerprint density at radius 2 is 1.37 bits per heavy atom. The molecule has 1 fully saturated rings. The van der Waals surface area contributed by atoms with Gasteiger partial charge >= 0.3 is 18.2 Å². The maximum Gasteiger partial charge on any atom is 0.407 e. The molecule has 3 amide bonds. The van der Waals surface area contributed by atoms with Crippen molar-refractivity contribution in [3.63, 3.8) is 0 Å². The number of hydrogen-bond acceptors (Lipinski definition) is 8. The summed E-state index contributed by atoms with van der Waals surface area (Å²) in [6.07, 6.45) is -0.438. The molecule has 3 N–H and O–H groups in total. The highest BCUT2D eigenvalue weighted by Gasteiger charge is 2.45. The number of ether oxygens (including phenoxy) is 3. The van der Waals surface area contributed by atoms with Crippen LogP contribution in [0.3, 0.4) is 0 Å². The van der Waals surface area contributed by atoms with Gasteiger partial charge in [0.25, 0.3) is 0 Å². The highest BCUT2D eigenvalue weighted by molar-refractivity contribution is 5.78. The minimum Gasteiger partial charge on any atom is -0.459 e. The molecule has 1 rings (SSSR count). The van der Waals surface area contributed by atoms with Crippen molar-refractivity contribution >= 4 is 24.1 Å². The smallest absolute Gasteiger partial charge is 0.407 e. The Balaban J connectivity index is 2.69. The first-order valence-electron chi connectivity index (χ1n) is 11.9. The summed E-state index contributed by atoms with van der Waals surface area (Å²) in [6.45, 7) is 16.1. The van der Waals surface area contributed by atoms with E-state index in [1.807, 2.05) is 0 Å². The number of amides is 3. The summed E-state index contributed by atoms with van der Waals surface area (Å²) in [5, 5.41) is 6.87. The molecule has 3 atom stereocenters. The largest absolute Gasteiger partial charge is 0.459 e. The van der Waals surface area contributed by atoms with Crippen molar-refractivity contribution in [2.24, 2.45) is 11.8 Å². The van der Waals surface area contributed by atoms with E-state index in [1.165, 1.54) is 5.01 Å². The highest BCUT2D eigenvalue weighted by atomic mass is 16.6. The van der Waals surface area contributed by atoms with Gasteiger partial charge in [0, 0.05) is 26.1 Å². The third-order valence-electron chi connectivity index (χ3n) is 4.61. The summed E-state index contributed by atoms with van der Waals surface area (Å²) in [7, 11) is 1.56. The van der Waals surface area contributed by atoms with Crippen LogP contribution >= 0.6 is 0 Å². The van der Waals surface area contributed by atoms with E-state index >= 15 is 0 Å². The lowest BCUT2D eigenvalue weighted by Crippen LogP contribution is -2.48. The van der Waals surface area contributed by atoms with Gasteiger partial charge in [-0.3, -0.25) is 15.0 Å². The topological polar surface area (TPSA) is 135 Å². The van der Waals surface area contributed by atoms with Crippen LogP contribution in [0.15, 0.2) is 0 Å². The van der Waals surface area contributed by atoms with E-state index < -0.39 is 41.0 Å². The van der Waals surface area contributed by atoms with E-state index in [9.17, 15) is 19.2 Å². The summed E-state index contributed by atoms with van der Waals surface area (Å²) in [6, 6.07) is -0.509. The third kappa shape index (κ3) is 14.4. The molecule has 1 aliphatic carbocycles. The summed E-state index contributed by atoms with van der Waals surface area (Å²) in [4.78, 5) is 49.0. The van der Waals surface area contributed by atoms with Crippen molar-refractivity contribution in [2.75, 3.05) is 20.1 Å². The molecule has 11 nitrogen and oxygen atoms in total. The van der Waals surface area contributed by atoms with Gasteiger partial charge in [-0.1, -0.05) is 0 Å². The molecule has 0 aromatic carbocycles. The van der Waals surface area contributed by atoms with Crippen molar-refractivity contribution in [1.29, 1.82) is 0 Å². The second-order valence-electron chi connectivity index (χ2n) is 12.0. The Bertz CT molecular complexity index is 765. The monoisotopic (exact) mass is 500 g/mol. The molecule has 0 aromatic rings. The fraction of sp³-hybridized carbons (Fsp3) is 0.833. The number of nitrogens with zero attached hydrogens (tertiary/aromatic N) is 1. The maximum absolute atomic E-state index is 12.7. The molecule has 1 aliphatic rings. The van der Waals surface area contributed by atoms with Crippen molar-refractivity contribution < 1.29 is 33.4 Å². The van der Waals surface area contributed by atoms with Crippen LogP contribution in [0.25, 0.3) is 0 Å². The van der Waals surface area contributed by atoms with Crippen molar-refractivity contribution in [1.82, 2.24) is 21.1 Å². The quantitative estimate of drug-likeness (QED) is 0.250. The molecule has 0 aromatic heterocycles. The molecule has 0 unspecified atom stereocenters. The van der Waals surface area contributed by atoms with Crippen LogP contribution in [-0.2, 0) is 23.8 Å². The van der Waals surface area contributed by atoms with Gasteiger partial charge in [-0.25, -0.2) is 14.6 Å². The summed E-state index contributed by atoms with van der Waals surface area (Å²) >= 11 is 0. The molecule has 11 heteroatoms. The minimum atomic E-state index is -0.689. The first-order chi connectivity index (χ1) is 15.7. The number of hydrogen-bond donors (Lipinski definition) is 3. The van der Waals surface area contributed by atoms with Gasteiger partial charge in [0.05, 0.1) is 0 Å². The summed E-state index contributed by atoms with van der Waals surface area (Å²) in [5.74, 6) is -0.795. The van der Waals surface area contributed by atoms with Gasteiger partial charge in [0.15, 0.2) is 0 Å². The lowest BCUT2D eigenvalue weighted by atomic mass is 10.1. The Labute approximate surface area is 208 Å². The molecule has 1 saturated carbocycles. The predicted molar refractivity (Wildman–Crippen MR) is 130 cm³/mol. The summed E-state index contributed by atoms with van der Waals surface area (Å²) in [5.41, 5.74) is 0.719. The van der Waals surface area contributed by atoms with Gasteiger partial charge in [0.2, 0.25) is 5.91 Å². The summed E-state index contributed by atoms with van der Waals surface area (Å²) < 4.78 is 15.9. The molecular formula is C24H44N4O7. The minimum absolute atomic E-state index is 0.0223. The number of likely N-dealkylation sites (N-methyl/N-ethyl adjacent to an activating group) is 1. The Kier molecular flexibility index (Phi) is 10.4. The lowest BCUT2D eigenvalue weighted by molar-refractivity contribution is -0.156. The van der Waals surface area contributed by atoms with Crippen molar-refractivity contribution in [2.45, 2.75) is 98.0 Å². The second kappa shape index (κ2) is 11.9. The predicted octanol–water partition coefficient (Wildman–Crippen LogP) is 2.74. The number of hydrazine groups is 1. The van der Waals surface area contributed by atoms with Crippen LogP contribution in [0, 0.1) is 11.8 Å². The molecule has 0 radical (unpaired) electrons. The van der Waals surface area contributed by atoms with Gasteiger partial charge < -0.3 is 24.8 Å². The van der Waals surface area contributed by atoms with E-state index in [4.69, 9.17) is 14.2 Å². The third-order valence-corrected chi connectivity index (χ3v) is 4.61. The normalized spacial score (nSPS) is 18.8. The van der Waals surface area contributed by atoms with E-state index in [0.29, 0.717) is 6.54 Å².